The van der Waals surface area contributed by atoms with Crippen molar-refractivity contribution in [2.24, 2.45) is 7.05 Å². The number of sulfone groups is 1. The molecule has 0 saturated carbocycles. The third-order valence-corrected chi connectivity index (χ3v) is 9.46. The van der Waals surface area contributed by atoms with Crippen LogP contribution in [0.25, 0.3) is 11.3 Å². The maximum absolute atomic E-state index is 14.0. The summed E-state index contributed by atoms with van der Waals surface area (Å²) in [5.74, 6) is 3.84. The average molecular weight is 718 g/mol. The van der Waals surface area contributed by atoms with E-state index in [0.29, 0.717) is 38.7 Å². The van der Waals surface area contributed by atoms with Crippen LogP contribution in [-0.2, 0) is 31.2 Å². The van der Waals surface area contributed by atoms with Crippen LogP contribution in [0.15, 0.2) is 79.0 Å². The lowest BCUT2D eigenvalue weighted by atomic mass is 10.0. The number of ether oxygens (including phenoxy) is 1. The standard InChI is InChI=1S/C36H36ClN5O7S/c1-36(2,3)49-35(46)39-32(24-8-6-5-7-9-24)34(45)42-18-19-50(47,48)22-29(42)33(44)38-27-15-11-23(12-16-27)10-13-25-21-41(4)40-31(25)28-20-26(37)14-17-30(28)43/h5-9,11-12,14-17,20-21,29,32,43H,18-19,22H2,1-4H3,(H,38,44)(H,39,46)/t29-,32?/m0/s1. The van der Waals surface area contributed by atoms with E-state index in [1.165, 1.54) is 11.0 Å². The van der Waals surface area contributed by atoms with Gasteiger partial charge in [0, 0.05) is 41.6 Å². The minimum absolute atomic E-state index is 0.0113. The predicted molar refractivity (Wildman–Crippen MR) is 189 cm³/mol. The maximum atomic E-state index is 14.0. The van der Waals surface area contributed by atoms with Crippen molar-refractivity contribution in [2.45, 2.75) is 38.5 Å². The van der Waals surface area contributed by atoms with Crippen LogP contribution in [-0.4, -0.2) is 75.8 Å². The Labute approximate surface area is 295 Å². The molecule has 3 amide bonds. The zero-order chi connectivity index (χ0) is 36.2. The van der Waals surface area contributed by atoms with Gasteiger partial charge in [-0.15, -0.1) is 0 Å². The Morgan fingerprint density at radius 2 is 1.74 bits per heavy atom. The molecule has 12 nitrogen and oxygen atoms in total. The van der Waals surface area contributed by atoms with Crippen molar-refractivity contribution < 1.29 is 32.6 Å². The number of anilines is 1. The number of alkyl carbamates (subject to hydrolysis) is 1. The van der Waals surface area contributed by atoms with Crippen molar-refractivity contribution in [2.75, 3.05) is 23.4 Å². The minimum atomic E-state index is -3.66. The molecule has 3 aromatic carbocycles. The third-order valence-electron chi connectivity index (χ3n) is 7.59. The van der Waals surface area contributed by atoms with Crippen molar-refractivity contribution in [3.63, 3.8) is 0 Å². The van der Waals surface area contributed by atoms with Crippen LogP contribution in [0.1, 0.15) is 43.5 Å². The largest absolute Gasteiger partial charge is 0.507 e. The Bertz CT molecular complexity index is 2080. The molecule has 0 aliphatic carbocycles. The van der Waals surface area contributed by atoms with E-state index in [9.17, 15) is 27.9 Å². The highest BCUT2D eigenvalue weighted by molar-refractivity contribution is 7.91. The first-order valence-corrected chi connectivity index (χ1v) is 17.8. The fourth-order valence-electron chi connectivity index (χ4n) is 5.29. The number of carbonyl (C=O) groups is 3. The van der Waals surface area contributed by atoms with Gasteiger partial charge < -0.3 is 25.4 Å². The Morgan fingerprint density at radius 3 is 2.42 bits per heavy atom. The second kappa shape index (κ2) is 14.7. The molecular formula is C36H36ClN5O7S. The lowest BCUT2D eigenvalue weighted by Gasteiger charge is -2.37. The van der Waals surface area contributed by atoms with Gasteiger partial charge in [0.25, 0.3) is 5.91 Å². The number of nitrogens with zero attached hydrogens (tertiary/aromatic N) is 3. The molecule has 260 valence electrons. The molecule has 1 fully saturated rings. The molecule has 1 aliphatic heterocycles. The minimum Gasteiger partial charge on any atom is -0.507 e. The predicted octanol–water partition coefficient (Wildman–Crippen LogP) is 4.68. The number of nitrogens with one attached hydrogen (secondary N) is 2. The van der Waals surface area contributed by atoms with Gasteiger partial charge in [0.1, 0.15) is 29.1 Å². The highest BCUT2D eigenvalue weighted by Crippen LogP contribution is 2.32. The summed E-state index contributed by atoms with van der Waals surface area (Å²) < 4.78 is 32.3. The number of phenolic OH excluding ortho intramolecular Hbond substituents is 1. The third kappa shape index (κ3) is 9.02. The maximum Gasteiger partial charge on any atom is 0.408 e. The van der Waals surface area contributed by atoms with E-state index in [1.54, 1.807) is 105 Å². The van der Waals surface area contributed by atoms with Gasteiger partial charge in [-0.3, -0.25) is 14.3 Å². The highest BCUT2D eigenvalue weighted by atomic mass is 35.5. The van der Waals surface area contributed by atoms with Crippen molar-refractivity contribution in [1.29, 1.82) is 0 Å². The molecule has 3 N–H and O–H groups in total. The fourth-order valence-corrected chi connectivity index (χ4v) is 6.92. The number of benzene rings is 3. The summed E-state index contributed by atoms with van der Waals surface area (Å²) in [6, 6.07) is 17.1. The molecule has 4 aromatic rings. The number of aromatic nitrogens is 2. The molecule has 1 unspecified atom stereocenters. The van der Waals surface area contributed by atoms with Crippen molar-refractivity contribution in [3.05, 3.63) is 101 Å². The monoisotopic (exact) mass is 717 g/mol. The Balaban J connectivity index is 1.35. The van der Waals surface area contributed by atoms with Crippen molar-refractivity contribution >= 4 is 45.0 Å². The molecule has 2 heterocycles. The molecule has 2 atom stereocenters. The number of aromatic hydroxyl groups is 1. The first-order valence-electron chi connectivity index (χ1n) is 15.6. The van der Waals surface area contributed by atoms with Gasteiger partial charge in [0.05, 0.1) is 17.1 Å². The van der Waals surface area contributed by atoms with Crippen LogP contribution in [0.4, 0.5) is 10.5 Å². The number of aryl methyl sites for hydroxylation is 1. The molecule has 0 spiro atoms. The first kappa shape index (κ1) is 36.0. The molecule has 0 radical (unpaired) electrons. The second-order valence-electron chi connectivity index (χ2n) is 12.7. The fraction of sp³-hybridized carbons (Fsp3) is 0.278. The van der Waals surface area contributed by atoms with Crippen LogP contribution in [0, 0.1) is 11.8 Å². The summed E-state index contributed by atoms with van der Waals surface area (Å²) in [4.78, 5) is 41.5. The van der Waals surface area contributed by atoms with Gasteiger partial charge in [-0.2, -0.15) is 5.10 Å². The van der Waals surface area contributed by atoms with Crippen LogP contribution in [0.3, 0.4) is 0 Å². The highest BCUT2D eigenvalue weighted by Gasteiger charge is 2.42. The Kier molecular flexibility index (Phi) is 10.5. The van der Waals surface area contributed by atoms with Crippen LogP contribution in [0.2, 0.25) is 5.02 Å². The van der Waals surface area contributed by atoms with Gasteiger partial charge in [0.15, 0.2) is 9.84 Å². The SMILES string of the molecule is Cn1cc(C#Cc2ccc(NC(=O)[C@@H]3CS(=O)(=O)CCN3C(=O)C(NC(=O)OC(C)(C)C)c3ccccc3)cc2)c(-c2cc(Cl)ccc2O)n1. The van der Waals surface area contributed by atoms with Crippen LogP contribution >= 0.6 is 11.6 Å². The number of hydrogen-bond donors (Lipinski definition) is 3. The topological polar surface area (TPSA) is 160 Å². The van der Waals surface area contributed by atoms with E-state index in [4.69, 9.17) is 16.3 Å². The summed E-state index contributed by atoms with van der Waals surface area (Å²) in [5.41, 5.74) is 2.02. The molecule has 0 bridgehead atoms. The van der Waals surface area contributed by atoms with Gasteiger partial charge in [-0.05, 0) is 68.8 Å². The van der Waals surface area contributed by atoms with Crippen molar-refractivity contribution in [1.82, 2.24) is 20.0 Å². The van der Waals surface area contributed by atoms with E-state index >= 15 is 0 Å². The normalized spacial score (nSPS) is 16.0. The summed E-state index contributed by atoms with van der Waals surface area (Å²) in [6.45, 7) is 4.82. The number of hydrogen-bond acceptors (Lipinski definition) is 8. The van der Waals surface area contributed by atoms with E-state index in [1.807, 2.05) is 0 Å². The number of amides is 3. The number of phenols is 1. The number of halogens is 1. The van der Waals surface area contributed by atoms with E-state index in [-0.39, 0.29) is 18.0 Å². The lowest BCUT2D eigenvalue weighted by molar-refractivity contribution is -0.139. The second-order valence-corrected chi connectivity index (χ2v) is 15.4. The van der Waals surface area contributed by atoms with Gasteiger partial charge in [-0.1, -0.05) is 53.8 Å². The zero-order valence-electron chi connectivity index (χ0n) is 27.8. The summed E-state index contributed by atoms with van der Waals surface area (Å²) in [7, 11) is -1.92. The van der Waals surface area contributed by atoms with Crippen LogP contribution in [0.5, 0.6) is 5.75 Å². The quantitative estimate of drug-likeness (QED) is 0.243. The summed E-state index contributed by atoms with van der Waals surface area (Å²) in [5, 5.41) is 20.5. The molecule has 14 heteroatoms. The Hall–Kier alpha value is -5.32. The zero-order valence-corrected chi connectivity index (χ0v) is 29.4. The van der Waals surface area contributed by atoms with E-state index < -0.39 is 51.2 Å². The van der Waals surface area contributed by atoms with Crippen LogP contribution < -0.4 is 10.6 Å². The lowest BCUT2D eigenvalue weighted by Crippen LogP contribution is -2.58. The first-order chi connectivity index (χ1) is 23.6. The van der Waals surface area contributed by atoms with Crippen molar-refractivity contribution in [3.8, 4) is 28.8 Å². The number of rotatable bonds is 6. The molecular weight excluding hydrogens is 682 g/mol. The van der Waals surface area contributed by atoms with Gasteiger partial charge >= 0.3 is 6.09 Å². The van der Waals surface area contributed by atoms with E-state index in [2.05, 4.69) is 27.6 Å². The molecule has 1 saturated heterocycles. The summed E-state index contributed by atoms with van der Waals surface area (Å²) in [6.07, 6.45) is 0.879. The van der Waals surface area contributed by atoms with Gasteiger partial charge in [0.2, 0.25) is 5.91 Å². The number of carbonyl (C=O) groups excluding carboxylic acids is 3. The van der Waals surface area contributed by atoms with Gasteiger partial charge in [-0.25, -0.2) is 13.2 Å². The molecule has 1 aliphatic rings. The molecule has 5 rings (SSSR count). The molecule has 50 heavy (non-hydrogen) atoms. The smallest absolute Gasteiger partial charge is 0.408 e. The summed E-state index contributed by atoms with van der Waals surface area (Å²) >= 11 is 6.13. The van der Waals surface area contributed by atoms with E-state index in [0.717, 1.165) is 0 Å². The Morgan fingerprint density at radius 1 is 1.04 bits per heavy atom. The average Bonchev–Trinajstić information content (AvgIpc) is 3.43. The molecule has 1 aromatic heterocycles.